The maximum Gasteiger partial charge on any atom is 0.262 e. The number of amides is 2. The summed E-state index contributed by atoms with van der Waals surface area (Å²) in [6, 6.07) is 31.5. The highest BCUT2D eigenvalue weighted by atomic mass is 16.7. The molecule has 0 aliphatic carbocycles. The van der Waals surface area contributed by atoms with E-state index in [1.165, 1.54) is 0 Å². The lowest BCUT2D eigenvalue weighted by molar-refractivity contribution is -0.267. The molecule has 1 unspecified atom stereocenters. The zero-order valence-corrected chi connectivity index (χ0v) is 24.2. The number of hydrogen-bond donors (Lipinski definition) is 1. The zero-order valence-electron chi connectivity index (χ0n) is 24.2. The van der Waals surface area contributed by atoms with Crippen molar-refractivity contribution in [2.75, 3.05) is 13.7 Å². The van der Waals surface area contributed by atoms with Crippen LogP contribution in [-0.4, -0.2) is 66.2 Å². The van der Waals surface area contributed by atoms with Gasteiger partial charge in [-0.2, -0.15) is 0 Å². The maximum atomic E-state index is 13.7. The van der Waals surface area contributed by atoms with Gasteiger partial charge < -0.3 is 28.8 Å². The summed E-state index contributed by atoms with van der Waals surface area (Å²) in [5, 5.41) is 11.7. The molecule has 0 aromatic heterocycles. The van der Waals surface area contributed by atoms with Gasteiger partial charge >= 0.3 is 0 Å². The molecule has 9 heteroatoms. The summed E-state index contributed by atoms with van der Waals surface area (Å²) < 4.78 is 30.3. The molecule has 2 amide bonds. The SMILES string of the molecule is COc1ccc(OC2O[C@H](COCc3ccccc3)[C@@H](O)[C@H](OCc3ccccc3)[C@H]2N2C(=O)c3ccccc3C2=O)cc1. The lowest BCUT2D eigenvalue weighted by Crippen LogP contribution is -2.67. The Bertz CT molecular complexity index is 1530. The molecule has 9 nitrogen and oxygen atoms in total. The molecule has 4 aromatic carbocycles. The Morgan fingerprint density at radius 3 is 1.86 bits per heavy atom. The van der Waals surface area contributed by atoms with Gasteiger partial charge in [-0.3, -0.25) is 14.5 Å². The highest BCUT2D eigenvalue weighted by Crippen LogP contribution is 2.35. The van der Waals surface area contributed by atoms with E-state index in [4.69, 9.17) is 23.7 Å². The lowest BCUT2D eigenvalue weighted by Gasteiger charge is -2.46. The Hall–Kier alpha value is -4.54. The van der Waals surface area contributed by atoms with Gasteiger partial charge in [-0.05, 0) is 47.5 Å². The van der Waals surface area contributed by atoms with Crippen LogP contribution in [0.5, 0.6) is 11.5 Å². The summed E-state index contributed by atoms with van der Waals surface area (Å²) in [7, 11) is 1.56. The average Bonchev–Trinajstić information content (AvgIpc) is 3.32. The average molecular weight is 596 g/mol. The smallest absolute Gasteiger partial charge is 0.262 e. The standard InChI is InChI=1S/C35H33NO8/c1-40-25-16-18-26(19-17-25)43-35-30(36-33(38)27-14-8-9-15-28(27)34(36)39)32(42-21-24-12-6-3-7-13-24)31(37)29(44-35)22-41-20-23-10-4-2-5-11-23/h2-19,29-32,35,37H,20-22H2,1H3/t29-,30-,31-,32-,35?/m1/s1. The van der Waals surface area contributed by atoms with Crippen molar-refractivity contribution in [1.82, 2.24) is 4.90 Å². The van der Waals surface area contributed by atoms with Crippen LogP contribution in [0.3, 0.4) is 0 Å². The minimum absolute atomic E-state index is 0.0125. The molecule has 2 aliphatic rings. The number of ether oxygens (including phenoxy) is 5. The maximum absolute atomic E-state index is 13.7. The number of nitrogens with zero attached hydrogens (tertiary/aromatic N) is 1. The second-order valence-corrected chi connectivity index (χ2v) is 10.6. The van der Waals surface area contributed by atoms with E-state index in [2.05, 4.69) is 0 Å². The highest BCUT2D eigenvalue weighted by molar-refractivity contribution is 6.21. The van der Waals surface area contributed by atoms with Crippen molar-refractivity contribution in [2.45, 2.75) is 43.9 Å². The number of aliphatic hydroxyl groups excluding tert-OH is 1. The van der Waals surface area contributed by atoms with Crippen LogP contribution in [0.15, 0.2) is 109 Å². The summed E-state index contributed by atoms with van der Waals surface area (Å²) in [6.07, 6.45) is -4.42. The predicted octanol–water partition coefficient (Wildman–Crippen LogP) is 4.63. The fraction of sp³-hybridized carbons (Fsp3) is 0.257. The molecule has 0 spiro atoms. The third-order valence-electron chi connectivity index (χ3n) is 7.76. The molecule has 1 fully saturated rings. The van der Waals surface area contributed by atoms with Gasteiger partial charge in [0.15, 0.2) is 0 Å². The van der Waals surface area contributed by atoms with Crippen molar-refractivity contribution in [3.63, 3.8) is 0 Å². The van der Waals surface area contributed by atoms with Gasteiger partial charge in [0, 0.05) is 0 Å². The summed E-state index contributed by atoms with van der Waals surface area (Å²) in [6.45, 7) is 0.433. The molecule has 0 saturated carbocycles. The predicted molar refractivity (Wildman–Crippen MR) is 160 cm³/mol. The van der Waals surface area contributed by atoms with Crippen molar-refractivity contribution >= 4 is 11.8 Å². The van der Waals surface area contributed by atoms with E-state index in [0.717, 1.165) is 16.0 Å². The van der Waals surface area contributed by atoms with Gasteiger partial charge in [0.2, 0.25) is 6.29 Å². The number of hydrogen-bond acceptors (Lipinski definition) is 8. The first-order valence-electron chi connectivity index (χ1n) is 14.4. The first-order valence-corrected chi connectivity index (χ1v) is 14.4. The number of fused-ring (bicyclic) bond motifs is 1. The number of aliphatic hydroxyl groups is 1. The Morgan fingerprint density at radius 1 is 0.727 bits per heavy atom. The molecule has 4 aromatic rings. The summed E-state index contributed by atoms with van der Waals surface area (Å²) in [5.41, 5.74) is 2.36. The van der Waals surface area contributed by atoms with Crippen molar-refractivity contribution in [3.8, 4) is 11.5 Å². The van der Waals surface area contributed by atoms with Crippen LogP contribution >= 0.6 is 0 Å². The monoisotopic (exact) mass is 595 g/mol. The minimum Gasteiger partial charge on any atom is -0.497 e. The molecule has 0 radical (unpaired) electrons. The van der Waals surface area contributed by atoms with Crippen LogP contribution in [-0.2, 0) is 27.4 Å². The van der Waals surface area contributed by atoms with Crippen LogP contribution in [0.25, 0.3) is 0 Å². The normalized spacial score (nSPS) is 23.0. The summed E-state index contributed by atoms with van der Waals surface area (Å²) >= 11 is 0. The van der Waals surface area contributed by atoms with Crippen molar-refractivity contribution < 1.29 is 38.4 Å². The fourth-order valence-electron chi connectivity index (χ4n) is 5.50. The first kappa shape index (κ1) is 29.5. The van der Waals surface area contributed by atoms with E-state index in [1.54, 1.807) is 55.6 Å². The van der Waals surface area contributed by atoms with Gasteiger partial charge in [0.05, 0.1) is 38.1 Å². The van der Waals surface area contributed by atoms with E-state index in [-0.39, 0.29) is 24.3 Å². The number of imide groups is 1. The fourth-order valence-corrected chi connectivity index (χ4v) is 5.50. The van der Waals surface area contributed by atoms with Gasteiger partial charge in [-0.1, -0.05) is 72.8 Å². The molecular formula is C35H33NO8. The number of benzene rings is 4. The molecule has 5 atom stereocenters. The lowest BCUT2D eigenvalue weighted by atomic mass is 9.95. The van der Waals surface area contributed by atoms with Crippen LogP contribution < -0.4 is 9.47 Å². The van der Waals surface area contributed by atoms with Crippen molar-refractivity contribution in [3.05, 3.63) is 131 Å². The largest absolute Gasteiger partial charge is 0.497 e. The summed E-state index contributed by atoms with van der Waals surface area (Å²) in [5.74, 6) is 0.0219. The molecule has 226 valence electrons. The van der Waals surface area contributed by atoms with Crippen LogP contribution in [0.4, 0.5) is 0 Å². The zero-order chi connectivity index (χ0) is 30.5. The molecule has 6 rings (SSSR count). The Labute approximate surface area is 255 Å². The van der Waals surface area contributed by atoms with Gasteiger partial charge in [0.1, 0.15) is 35.9 Å². The first-order chi connectivity index (χ1) is 21.5. The van der Waals surface area contributed by atoms with E-state index in [0.29, 0.717) is 18.1 Å². The van der Waals surface area contributed by atoms with Crippen LogP contribution in [0.2, 0.25) is 0 Å². The van der Waals surface area contributed by atoms with E-state index in [9.17, 15) is 14.7 Å². The van der Waals surface area contributed by atoms with Gasteiger partial charge in [0.25, 0.3) is 11.8 Å². The quantitative estimate of drug-likeness (QED) is 0.251. The third kappa shape index (κ3) is 6.22. The molecule has 1 N–H and O–H groups in total. The summed E-state index contributed by atoms with van der Waals surface area (Å²) in [4.78, 5) is 28.6. The van der Waals surface area contributed by atoms with Gasteiger partial charge in [-0.25, -0.2) is 0 Å². The number of methoxy groups -OCH3 is 1. The number of carbonyl (C=O) groups excluding carboxylic acids is 2. The topological polar surface area (TPSA) is 104 Å². The third-order valence-corrected chi connectivity index (χ3v) is 7.76. The molecule has 44 heavy (non-hydrogen) atoms. The van der Waals surface area contributed by atoms with E-state index >= 15 is 0 Å². The Morgan fingerprint density at radius 2 is 1.27 bits per heavy atom. The Balaban J connectivity index is 1.33. The molecule has 2 heterocycles. The molecule has 1 saturated heterocycles. The minimum atomic E-state index is -1.26. The Kier molecular flexibility index (Phi) is 8.99. The van der Waals surface area contributed by atoms with E-state index < -0.39 is 42.5 Å². The van der Waals surface area contributed by atoms with Crippen molar-refractivity contribution in [2.24, 2.45) is 0 Å². The van der Waals surface area contributed by atoms with Crippen LogP contribution in [0.1, 0.15) is 31.8 Å². The molecule has 0 bridgehead atoms. The van der Waals surface area contributed by atoms with E-state index in [1.807, 2.05) is 60.7 Å². The highest BCUT2D eigenvalue weighted by Gasteiger charge is 2.55. The number of carbonyl (C=O) groups is 2. The molecular weight excluding hydrogens is 562 g/mol. The number of rotatable bonds is 11. The second kappa shape index (κ2) is 13.4. The van der Waals surface area contributed by atoms with Gasteiger partial charge in [-0.15, -0.1) is 0 Å². The van der Waals surface area contributed by atoms with Crippen LogP contribution in [0, 0.1) is 0 Å². The second-order valence-electron chi connectivity index (χ2n) is 10.6. The van der Waals surface area contributed by atoms with Crippen molar-refractivity contribution in [1.29, 1.82) is 0 Å². The molecule has 2 aliphatic heterocycles.